The van der Waals surface area contributed by atoms with Crippen molar-refractivity contribution < 1.29 is 13.2 Å². The fraction of sp³-hybridized carbons (Fsp3) is 0.250. The highest BCUT2D eigenvalue weighted by atomic mass is 32.2. The SMILES string of the molecule is COc1cc(CS(=O)(=O)c2ccccc2C)ccc1CN. The monoisotopic (exact) mass is 305 g/mol. The Morgan fingerprint density at radius 1 is 1.14 bits per heavy atom. The molecule has 0 fully saturated rings. The number of hydrogen-bond donors (Lipinski definition) is 1. The van der Waals surface area contributed by atoms with Crippen molar-refractivity contribution in [1.29, 1.82) is 0 Å². The van der Waals surface area contributed by atoms with Gasteiger partial charge in [0.25, 0.3) is 0 Å². The van der Waals surface area contributed by atoms with E-state index < -0.39 is 9.84 Å². The second-order valence-corrected chi connectivity index (χ2v) is 6.83. The summed E-state index contributed by atoms with van der Waals surface area (Å²) < 4.78 is 30.3. The minimum atomic E-state index is -3.38. The first-order valence-corrected chi connectivity index (χ1v) is 8.27. The quantitative estimate of drug-likeness (QED) is 0.921. The molecule has 2 aromatic rings. The molecule has 2 rings (SSSR count). The van der Waals surface area contributed by atoms with Crippen molar-refractivity contribution in [2.24, 2.45) is 5.73 Å². The molecule has 0 aliphatic carbocycles. The lowest BCUT2D eigenvalue weighted by molar-refractivity contribution is 0.409. The van der Waals surface area contributed by atoms with Gasteiger partial charge in [-0.1, -0.05) is 30.3 Å². The van der Waals surface area contributed by atoms with Crippen LogP contribution in [0, 0.1) is 6.92 Å². The van der Waals surface area contributed by atoms with Crippen LogP contribution in [0.1, 0.15) is 16.7 Å². The van der Waals surface area contributed by atoms with Gasteiger partial charge >= 0.3 is 0 Å². The molecule has 0 unspecified atom stereocenters. The van der Waals surface area contributed by atoms with Crippen LogP contribution in [0.15, 0.2) is 47.4 Å². The third kappa shape index (κ3) is 3.43. The molecule has 0 aliphatic rings. The molecule has 2 aromatic carbocycles. The minimum Gasteiger partial charge on any atom is -0.496 e. The zero-order chi connectivity index (χ0) is 15.5. The van der Waals surface area contributed by atoms with Gasteiger partial charge in [-0.15, -0.1) is 0 Å². The lowest BCUT2D eigenvalue weighted by Gasteiger charge is -2.11. The normalized spacial score (nSPS) is 11.4. The van der Waals surface area contributed by atoms with Crippen LogP contribution in [-0.2, 0) is 22.1 Å². The highest BCUT2D eigenvalue weighted by molar-refractivity contribution is 7.90. The summed E-state index contributed by atoms with van der Waals surface area (Å²) in [5.74, 6) is 0.564. The maximum Gasteiger partial charge on any atom is 0.182 e. The third-order valence-electron chi connectivity index (χ3n) is 3.36. The van der Waals surface area contributed by atoms with Gasteiger partial charge in [0.15, 0.2) is 9.84 Å². The number of rotatable bonds is 5. The van der Waals surface area contributed by atoms with Gasteiger partial charge in [-0.05, 0) is 30.2 Å². The number of hydrogen-bond acceptors (Lipinski definition) is 4. The molecule has 0 spiro atoms. The Labute approximate surface area is 125 Å². The van der Waals surface area contributed by atoms with Gasteiger partial charge in [0.2, 0.25) is 0 Å². The van der Waals surface area contributed by atoms with E-state index in [4.69, 9.17) is 10.5 Å². The topological polar surface area (TPSA) is 69.4 Å². The molecule has 0 aromatic heterocycles. The first kappa shape index (κ1) is 15.5. The number of methoxy groups -OCH3 is 1. The van der Waals surface area contributed by atoms with E-state index in [0.717, 1.165) is 11.1 Å². The molecule has 0 radical (unpaired) electrons. The Morgan fingerprint density at radius 2 is 1.86 bits per heavy atom. The summed E-state index contributed by atoms with van der Waals surface area (Å²) in [6.45, 7) is 2.15. The van der Waals surface area contributed by atoms with Gasteiger partial charge in [0.1, 0.15) is 5.75 Å². The fourth-order valence-electron chi connectivity index (χ4n) is 2.25. The number of nitrogens with two attached hydrogens (primary N) is 1. The summed E-state index contributed by atoms with van der Waals surface area (Å²) in [5.41, 5.74) is 7.91. The zero-order valence-corrected chi connectivity index (χ0v) is 13.0. The van der Waals surface area contributed by atoms with Crippen LogP contribution in [0.2, 0.25) is 0 Å². The summed E-state index contributed by atoms with van der Waals surface area (Å²) in [5, 5.41) is 0. The molecule has 0 aliphatic heterocycles. The molecule has 0 atom stereocenters. The average molecular weight is 305 g/mol. The van der Waals surface area contributed by atoms with Crippen molar-refractivity contribution in [2.75, 3.05) is 7.11 Å². The Kier molecular flexibility index (Phi) is 4.65. The van der Waals surface area contributed by atoms with Gasteiger partial charge < -0.3 is 10.5 Å². The highest BCUT2D eigenvalue weighted by Gasteiger charge is 2.18. The summed E-state index contributed by atoms with van der Waals surface area (Å²) in [4.78, 5) is 0.367. The molecule has 0 saturated heterocycles. The van der Waals surface area contributed by atoms with E-state index in [9.17, 15) is 8.42 Å². The van der Waals surface area contributed by atoms with Crippen molar-refractivity contribution >= 4 is 9.84 Å². The summed E-state index contributed by atoms with van der Waals surface area (Å²) in [7, 11) is -1.83. The summed E-state index contributed by atoms with van der Waals surface area (Å²) in [6, 6.07) is 12.3. The predicted octanol–water partition coefficient (Wildman–Crippen LogP) is 2.44. The predicted molar refractivity (Wildman–Crippen MR) is 83.0 cm³/mol. The second kappa shape index (κ2) is 6.28. The first-order chi connectivity index (χ1) is 9.97. The van der Waals surface area contributed by atoms with Crippen LogP contribution in [0.5, 0.6) is 5.75 Å². The van der Waals surface area contributed by atoms with Crippen molar-refractivity contribution in [1.82, 2.24) is 0 Å². The Hall–Kier alpha value is -1.85. The van der Waals surface area contributed by atoms with Gasteiger partial charge in [0.05, 0.1) is 17.8 Å². The molecule has 0 amide bonds. The smallest absolute Gasteiger partial charge is 0.182 e. The van der Waals surface area contributed by atoms with E-state index in [0.29, 0.717) is 22.8 Å². The molecule has 112 valence electrons. The van der Waals surface area contributed by atoms with Crippen LogP contribution in [-0.4, -0.2) is 15.5 Å². The fourth-order valence-corrected chi connectivity index (χ4v) is 3.87. The van der Waals surface area contributed by atoms with Crippen molar-refractivity contribution in [2.45, 2.75) is 24.1 Å². The lowest BCUT2D eigenvalue weighted by Crippen LogP contribution is -2.07. The van der Waals surface area contributed by atoms with Crippen LogP contribution >= 0.6 is 0 Å². The van der Waals surface area contributed by atoms with E-state index in [1.807, 2.05) is 12.1 Å². The largest absolute Gasteiger partial charge is 0.496 e. The minimum absolute atomic E-state index is 0.0565. The van der Waals surface area contributed by atoms with Gasteiger partial charge in [0, 0.05) is 12.1 Å². The van der Waals surface area contributed by atoms with Gasteiger partial charge in [-0.25, -0.2) is 8.42 Å². The van der Waals surface area contributed by atoms with E-state index in [-0.39, 0.29) is 5.75 Å². The molecule has 21 heavy (non-hydrogen) atoms. The van der Waals surface area contributed by atoms with Crippen LogP contribution in [0.4, 0.5) is 0 Å². The molecule has 0 bridgehead atoms. The van der Waals surface area contributed by atoms with Crippen LogP contribution in [0.25, 0.3) is 0 Å². The third-order valence-corrected chi connectivity index (χ3v) is 5.20. The van der Waals surface area contributed by atoms with E-state index in [1.165, 1.54) is 0 Å². The molecule has 0 saturated carbocycles. The maximum atomic E-state index is 12.5. The molecular weight excluding hydrogens is 286 g/mol. The lowest BCUT2D eigenvalue weighted by atomic mass is 10.1. The van der Waals surface area contributed by atoms with Crippen LogP contribution < -0.4 is 10.5 Å². The molecule has 0 heterocycles. The van der Waals surface area contributed by atoms with Crippen molar-refractivity contribution in [3.63, 3.8) is 0 Å². The number of aryl methyl sites for hydroxylation is 1. The molecule has 4 nitrogen and oxygen atoms in total. The maximum absolute atomic E-state index is 12.5. The number of benzene rings is 2. The Bertz CT molecular complexity index is 739. The Balaban J connectivity index is 2.35. The first-order valence-electron chi connectivity index (χ1n) is 6.62. The van der Waals surface area contributed by atoms with E-state index >= 15 is 0 Å². The van der Waals surface area contributed by atoms with E-state index in [2.05, 4.69) is 0 Å². The second-order valence-electron chi connectivity index (χ2n) is 4.87. The van der Waals surface area contributed by atoms with Crippen molar-refractivity contribution in [3.8, 4) is 5.75 Å². The molecular formula is C16H19NO3S. The average Bonchev–Trinajstić information content (AvgIpc) is 2.47. The Morgan fingerprint density at radius 3 is 2.48 bits per heavy atom. The highest BCUT2D eigenvalue weighted by Crippen LogP contribution is 2.24. The van der Waals surface area contributed by atoms with Crippen LogP contribution in [0.3, 0.4) is 0 Å². The molecule has 5 heteroatoms. The number of sulfone groups is 1. The van der Waals surface area contributed by atoms with Gasteiger partial charge in [-0.3, -0.25) is 0 Å². The number of ether oxygens (including phenoxy) is 1. The van der Waals surface area contributed by atoms with E-state index in [1.54, 1.807) is 44.4 Å². The standard InChI is InChI=1S/C16H19NO3S/c1-12-5-3-4-6-16(12)21(18,19)11-13-7-8-14(10-17)15(9-13)20-2/h3-9H,10-11,17H2,1-2H3. The summed E-state index contributed by atoms with van der Waals surface area (Å²) >= 11 is 0. The summed E-state index contributed by atoms with van der Waals surface area (Å²) in [6.07, 6.45) is 0. The van der Waals surface area contributed by atoms with Gasteiger partial charge in [-0.2, -0.15) is 0 Å². The zero-order valence-electron chi connectivity index (χ0n) is 12.2. The van der Waals surface area contributed by atoms with Crippen molar-refractivity contribution in [3.05, 3.63) is 59.2 Å². The molecule has 2 N–H and O–H groups in total.